The fraction of sp³-hybridized carbons (Fsp3) is 0.905. The minimum atomic E-state index is -1.35. The van der Waals surface area contributed by atoms with Gasteiger partial charge in [-0.15, -0.1) is 11.6 Å². The Morgan fingerprint density at radius 2 is 1.77 bits per heavy atom. The Kier molecular flexibility index (Phi) is 4.61. The summed E-state index contributed by atoms with van der Waals surface area (Å²) in [7, 11) is 3.00. The molecule has 5 rings (SSSR count). The van der Waals surface area contributed by atoms with Crippen molar-refractivity contribution in [1.82, 2.24) is 0 Å². The highest BCUT2D eigenvalue weighted by molar-refractivity contribution is 6.22. The minimum absolute atomic E-state index is 0.0167. The quantitative estimate of drug-likeness (QED) is 0.330. The Hall–Kier alpha value is -0.970. The molecule has 2 bridgehead atoms. The number of carbonyl (C=O) groups is 2. The number of carbonyl (C=O) groups excluding carboxylic acids is 2. The third kappa shape index (κ3) is 2.08. The van der Waals surface area contributed by atoms with E-state index in [-0.39, 0.29) is 26.6 Å². The first kappa shape index (κ1) is 21.9. The first-order valence-electron chi connectivity index (χ1n) is 10.5. The van der Waals surface area contributed by atoms with Gasteiger partial charge in [-0.25, -0.2) is 9.59 Å². The van der Waals surface area contributed by atoms with E-state index in [1.165, 1.54) is 14.2 Å². The van der Waals surface area contributed by atoms with Crippen LogP contribution in [0, 0.1) is 16.2 Å². The topological polar surface area (TPSA) is 98.8 Å². The molecule has 3 saturated heterocycles. The standard InChI is InChI=1S/C21H29ClO9/c1-17(2,3)20-7-12-21(18(20)8-27-15(23)14(18)29-10-26-5)13(28-9-25-4)11(22)6-19(21,31-20)16(24)30-12/h11-14H,6-10H2,1-5H3/t11-,12-,13+,14-,18?,19-,20+,21?/m1/s1. The van der Waals surface area contributed by atoms with Crippen LogP contribution < -0.4 is 0 Å². The van der Waals surface area contributed by atoms with Crippen molar-refractivity contribution < 1.29 is 42.7 Å². The van der Waals surface area contributed by atoms with Crippen LogP contribution in [-0.4, -0.2) is 81.2 Å². The lowest BCUT2D eigenvalue weighted by atomic mass is 9.52. The van der Waals surface area contributed by atoms with Gasteiger partial charge in [0.15, 0.2) is 11.7 Å². The minimum Gasteiger partial charge on any atom is -0.463 e. The molecule has 3 heterocycles. The molecule has 174 valence electrons. The van der Waals surface area contributed by atoms with Crippen molar-refractivity contribution in [2.24, 2.45) is 16.2 Å². The van der Waals surface area contributed by atoms with Crippen LogP contribution in [-0.2, 0) is 42.7 Å². The zero-order valence-electron chi connectivity index (χ0n) is 18.4. The number of alkyl halides is 1. The van der Waals surface area contributed by atoms with Gasteiger partial charge in [0.25, 0.3) is 0 Å². The van der Waals surface area contributed by atoms with E-state index >= 15 is 0 Å². The van der Waals surface area contributed by atoms with Crippen LogP contribution in [0.5, 0.6) is 0 Å². The van der Waals surface area contributed by atoms with Gasteiger partial charge in [-0.2, -0.15) is 0 Å². The summed E-state index contributed by atoms with van der Waals surface area (Å²) in [5.41, 5.74) is -4.92. The van der Waals surface area contributed by atoms with Gasteiger partial charge in [-0.05, 0) is 5.41 Å². The summed E-state index contributed by atoms with van der Waals surface area (Å²) in [5.74, 6) is -0.970. The highest BCUT2D eigenvalue weighted by Crippen LogP contribution is 2.85. The van der Waals surface area contributed by atoms with Crippen molar-refractivity contribution in [3.8, 4) is 0 Å². The number of esters is 2. The van der Waals surface area contributed by atoms with E-state index in [4.69, 9.17) is 44.8 Å². The number of methoxy groups -OCH3 is 2. The Balaban J connectivity index is 1.79. The zero-order chi connectivity index (χ0) is 22.4. The van der Waals surface area contributed by atoms with Gasteiger partial charge < -0.3 is 33.2 Å². The lowest BCUT2D eigenvalue weighted by Gasteiger charge is -2.50. The smallest absolute Gasteiger partial charge is 0.339 e. The van der Waals surface area contributed by atoms with E-state index < -0.39 is 63.1 Å². The van der Waals surface area contributed by atoms with Crippen LogP contribution in [0.25, 0.3) is 0 Å². The van der Waals surface area contributed by atoms with Crippen LogP contribution >= 0.6 is 11.6 Å². The predicted molar refractivity (Wildman–Crippen MR) is 104 cm³/mol. The van der Waals surface area contributed by atoms with Gasteiger partial charge in [-0.1, -0.05) is 20.8 Å². The molecule has 2 spiro atoms. The molecule has 2 unspecified atom stereocenters. The number of cyclic esters (lactones) is 1. The van der Waals surface area contributed by atoms with E-state index in [1.54, 1.807) is 0 Å². The normalized spacial score (nSPS) is 49.7. The maximum Gasteiger partial charge on any atom is 0.339 e. The van der Waals surface area contributed by atoms with E-state index in [1.807, 2.05) is 20.8 Å². The summed E-state index contributed by atoms with van der Waals surface area (Å²) >= 11 is 6.81. The number of halogens is 1. The van der Waals surface area contributed by atoms with Crippen LogP contribution in [0.4, 0.5) is 0 Å². The van der Waals surface area contributed by atoms with Crippen LogP contribution in [0.15, 0.2) is 0 Å². The van der Waals surface area contributed by atoms with Crippen molar-refractivity contribution in [1.29, 1.82) is 0 Å². The van der Waals surface area contributed by atoms with Crippen LogP contribution in [0.2, 0.25) is 0 Å². The first-order valence-corrected chi connectivity index (χ1v) is 11.0. The van der Waals surface area contributed by atoms with E-state index in [2.05, 4.69) is 0 Å². The Bertz CT molecular complexity index is 813. The molecule has 2 saturated carbocycles. The van der Waals surface area contributed by atoms with Crippen LogP contribution in [0.1, 0.15) is 33.6 Å². The monoisotopic (exact) mass is 460 g/mol. The summed E-state index contributed by atoms with van der Waals surface area (Å²) in [6, 6.07) is 0. The highest BCUT2D eigenvalue weighted by Gasteiger charge is 3.00. The number of ether oxygens (including phenoxy) is 7. The van der Waals surface area contributed by atoms with Crippen molar-refractivity contribution in [2.75, 3.05) is 34.4 Å². The molecule has 0 N–H and O–H groups in total. The average Bonchev–Trinajstić information content (AvgIpc) is 3.33. The summed E-state index contributed by atoms with van der Waals surface area (Å²) in [6.07, 6.45) is -1.64. The molecule has 0 aromatic rings. The maximum atomic E-state index is 13.4. The average molecular weight is 461 g/mol. The molecule has 31 heavy (non-hydrogen) atoms. The third-order valence-electron chi connectivity index (χ3n) is 8.33. The lowest BCUT2D eigenvalue weighted by molar-refractivity contribution is -0.210. The fourth-order valence-corrected chi connectivity index (χ4v) is 8.10. The molecule has 8 atom stereocenters. The van der Waals surface area contributed by atoms with Gasteiger partial charge in [0, 0.05) is 27.1 Å². The second-order valence-electron chi connectivity index (χ2n) is 10.2. The van der Waals surface area contributed by atoms with Gasteiger partial charge in [0.05, 0.1) is 27.9 Å². The SMILES string of the molecule is COCO[C@@H]1C(=O)OCC12C13[C@H]4C[C@@]2(C(C)(C)C)O[C@]1(C[C@@H](Cl)[C@@H]3OCOC)C(=O)O4. The molecule has 5 fully saturated rings. The Morgan fingerprint density at radius 1 is 1.10 bits per heavy atom. The Labute approximate surface area is 185 Å². The lowest BCUT2D eigenvalue weighted by Crippen LogP contribution is -2.64. The molecule has 0 amide bonds. The molecular weight excluding hydrogens is 432 g/mol. The fourth-order valence-electron chi connectivity index (χ4n) is 7.61. The van der Waals surface area contributed by atoms with Crippen molar-refractivity contribution in [2.45, 2.75) is 68.5 Å². The van der Waals surface area contributed by atoms with E-state index in [9.17, 15) is 9.59 Å². The second kappa shape index (κ2) is 6.55. The van der Waals surface area contributed by atoms with Gasteiger partial charge in [0.2, 0.25) is 0 Å². The molecule has 0 aromatic heterocycles. The summed E-state index contributed by atoms with van der Waals surface area (Å²) in [6.45, 7) is 5.99. The predicted octanol–water partition coefficient (Wildman–Crippen LogP) is 1.39. The molecule has 10 heteroatoms. The number of hydrogen-bond acceptors (Lipinski definition) is 9. The molecule has 5 aliphatic rings. The van der Waals surface area contributed by atoms with Crippen molar-refractivity contribution >= 4 is 23.5 Å². The largest absolute Gasteiger partial charge is 0.463 e. The summed E-state index contributed by atoms with van der Waals surface area (Å²) in [4.78, 5) is 26.4. The van der Waals surface area contributed by atoms with E-state index in [0.717, 1.165) is 0 Å². The second-order valence-corrected chi connectivity index (χ2v) is 10.8. The molecule has 2 aliphatic carbocycles. The molecule has 0 radical (unpaired) electrons. The number of rotatable bonds is 6. The van der Waals surface area contributed by atoms with Crippen molar-refractivity contribution in [3.63, 3.8) is 0 Å². The van der Waals surface area contributed by atoms with Gasteiger partial charge in [0.1, 0.15) is 26.3 Å². The first-order chi connectivity index (χ1) is 14.6. The Morgan fingerprint density at radius 3 is 2.42 bits per heavy atom. The summed E-state index contributed by atoms with van der Waals surface area (Å²) < 4.78 is 40.9. The highest BCUT2D eigenvalue weighted by atomic mass is 35.5. The summed E-state index contributed by atoms with van der Waals surface area (Å²) in [5, 5.41) is -0.544. The molecule has 9 nitrogen and oxygen atoms in total. The zero-order valence-corrected chi connectivity index (χ0v) is 19.2. The molecule has 0 aromatic carbocycles. The third-order valence-corrected chi connectivity index (χ3v) is 8.71. The number of hydrogen-bond donors (Lipinski definition) is 0. The molecule has 3 aliphatic heterocycles. The van der Waals surface area contributed by atoms with Gasteiger partial charge in [-0.3, -0.25) is 0 Å². The van der Waals surface area contributed by atoms with Crippen molar-refractivity contribution in [3.05, 3.63) is 0 Å². The van der Waals surface area contributed by atoms with Gasteiger partial charge >= 0.3 is 11.9 Å². The maximum absolute atomic E-state index is 13.4. The molecular formula is C21H29ClO9. The van der Waals surface area contributed by atoms with E-state index in [0.29, 0.717) is 6.42 Å². The van der Waals surface area contributed by atoms with Crippen LogP contribution in [0.3, 0.4) is 0 Å².